The summed E-state index contributed by atoms with van der Waals surface area (Å²) in [4.78, 5) is 4.62. The highest BCUT2D eigenvalue weighted by molar-refractivity contribution is 5.76. The van der Waals surface area contributed by atoms with Gasteiger partial charge in [0.05, 0.1) is 0 Å². The van der Waals surface area contributed by atoms with E-state index in [4.69, 9.17) is 4.42 Å². The van der Waals surface area contributed by atoms with Crippen molar-refractivity contribution in [2.75, 3.05) is 0 Å². The third-order valence-electron chi connectivity index (χ3n) is 3.55. The van der Waals surface area contributed by atoms with Gasteiger partial charge in [0.1, 0.15) is 17.6 Å². The van der Waals surface area contributed by atoms with Gasteiger partial charge in [0, 0.05) is 6.07 Å². The number of rotatable bonds is 3. The van der Waals surface area contributed by atoms with Crippen molar-refractivity contribution in [2.45, 2.75) is 33.2 Å². The molecule has 0 amide bonds. The molecule has 2 aromatic heterocycles. The summed E-state index contributed by atoms with van der Waals surface area (Å²) in [6.07, 6.45) is 4.11. The molecule has 0 spiro atoms. The predicted molar refractivity (Wildman–Crippen MR) is 79.4 cm³/mol. The van der Waals surface area contributed by atoms with E-state index in [0.717, 1.165) is 23.2 Å². The number of pyridine rings is 1. The molecule has 0 fully saturated rings. The molecule has 0 aliphatic carbocycles. The molecule has 2 heterocycles. The zero-order valence-electron chi connectivity index (χ0n) is 12.1. The van der Waals surface area contributed by atoms with Crippen molar-refractivity contribution in [3.63, 3.8) is 0 Å². The first-order chi connectivity index (χ1) is 9.67. The molecule has 20 heavy (non-hydrogen) atoms. The van der Waals surface area contributed by atoms with Gasteiger partial charge in [-0.2, -0.15) is 0 Å². The molecule has 0 saturated carbocycles. The number of hydrogen-bond donors (Lipinski definition) is 0. The molecule has 3 heteroatoms. The minimum Gasteiger partial charge on any atom is -0.436 e. The number of hydrogen-bond acceptors (Lipinski definition) is 2. The van der Waals surface area contributed by atoms with Crippen molar-refractivity contribution in [1.82, 2.24) is 4.98 Å². The molecule has 102 valence electrons. The lowest BCUT2D eigenvalue weighted by atomic mass is 10.0. The Morgan fingerprint density at radius 2 is 2.10 bits per heavy atom. The van der Waals surface area contributed by atoms with Crippen molar-refractivity contribution in [3.05, 3.63) is 48.3 Å². The number of fused-ring (bicyclic) bond motifs is 1. The van der Waals surface area contributed by atoms with Gasteiger partial charge < -0.3 is 4.42 Å². The maximum atomic E-state index is 5.86. The first kappa shape index (κ1) is 12.9. The van der Waals surface area contributed by atoms with Crippen LogP contribution in [0.2, 0.25) is 0 Å². The van der Waals surface area contributed by atoms with Crippen molar-refractivity contribution in [3.8, 4) is 11.5 Å². The second-order valence-electron chi connectivity index (χ2n) is 5.32. The van der Waals surface area contributed by atoms with Crippen LogP contribution in [-0.2, 0) is 6.54 Å². The van der Waals surface area contributed by atoms with Crippen LogP contribution in [0, 0.1) is 0 Å². The molecular weight excluding hydrogens is 248 g/mol. The molecular formula is C17H19N2O+. The zero-order chi connectivity index (χ0) is 14.1. The van der Waals surface area contributed by atoms with Gasteiger partial charge in [0.2, 0.25) is 5.89 Å². The van der Waals surface area contributed by atoms with E-state index in [1.165, 1.54) is 5.56 Å². The first-order valence-corrected chi connectivity index (χ1v) is 7.07. The normalized spacial score (nSPS) is 11.4. The lowest BCUT2D eigenvalue weighted by Crippen LogP contribution is -2.30. The summed E-state index contributed by atoms with van der Waals surface area (Å²) >= 11 is 0. The molecule has 3 aromatic rings. The predicted octanol–water partition coefficient (Wildman–Crippen LogP) is 3.93. The Morgan fingerprint density at radius 1 is 1.25 bits per heavy atom. The largest absolute Gasteiger partial charge is 0.436 e. The van der Waals surface area contributed by atoms with Crippen LogP contribution in [0.4, 0.5) is 0 Å². The quantitative estimate of drug-likeness (QED) is 0.673. The number of nitrogens with zero attached hydrogens (tertiary/aromatic N) is 2. The van der Waals surface area contributed by atoms with Gasteiger partial charge in [-0.25, -0.2) is 9.55 Å². The van der Waals surface area contributed by atoms with E-state index in [1.54, 1.807) is 0 Å². The van der Waals surface area contributed by atoms with Crippen LogP contribution < -0.4 is 4.57 Å². The molecule has 0 aliphatic heterocycles. The van der Waals surface area contributed by atoms with Crippen LogP contribution in [0.5, 0.6) is 0 Å². The Labute approximate surface area is 118 Å². The van der Waals surface area contributed by atoms with E-state index in [-0.39, 0.29) is 0 Å². The lowest BCUT2D eigenvalue weighted by Gasteiger charge is -2.02. The van der Waals surface area contributed by atoms with Crippen molar-refractivity contribution in [2.24, 2.45) is 0 Å². The standard InChI is InChI=1S/C17H19N2O/c1-4-19-9-5-6-14(11-19)17-18-15-10-13(12(2)3)7-8-16(15)20-17/h5-12H,4H2,1-3H3/q+1. The fourth-order valence-electron chi connectivity index (χ4n) is 2.27. The maximum absolute atomic E-state index is 5.86. The maximum Gasteiger partial charge on any atom is 0.233 e. The molecule has 0 radical (unpaired) electrons. The van der Waals surface area contributed by atoms with E-state index in [1.807, 2.05) is 24.4 Å². The molecule has 0 saturated heterocycles. The average Bonchev–Trinajstić information content (AvgIpc) is 2.90. The Kier molecular flexibility index (Phi) is 3.26. The topological polar surface area (TPSA) is 29.9 Å². The van der Waals surface area contributed by atoms with Crippen LogP contribution in [0.1, 0.15) is 32.3 Å². The smallest absolute Gasteiger partial charge is 0.233 e. The van der Waals surface area contributed by atoms with Gasteiger partial charge in [0.25, 0.3) is 0 Å². The molecule has 0 aliphatic rings. The second-order valence-corrected chi connectivity index (χ2v) is 5.32. The van der Waals surface area contributed by atoms with Crippen LogP contribution in [0.3, 0.4) is 0 Å². The van der Waals surface area contributed by atoms with Gasteiger partial charge in [0.15, 0.2) is 18.0 Å². The lowest BCUT2D eigenvalue weighted by molar-refractivity contribution is -0.693. The summed E-state index contributed by atoms with van der Waals surface area (Å²) in [5, 5.41) is 0. The van der Waals surface area contributed by atoms with Gasteiger partial charge in [-0.1, -0.05) is 19.9 Å². The van der Waals surface area contributed by atoms with Crippen molar-refractivity contribution < 1.29 is 8.98 Å². The third-order valence-corrected chi connectivity index (χ3v) is 3.55. The first-order valence-electron chi connectivity index (χ1n) is 7.07. The minimum atomic E-state index is 0.499. The summed E-state index contributed by atoms with van der Waals surface area (Å²) in [5.41, 5.74) is 4.07. The van der Waals surface area contributed by atoms with E-state index in [0.29, 0.717) is 11.8 Å². The summed E-state index contributed by atoms with van der Waals surface area (Å²) in [6.45, 7) is 7.42. The Bertz CT molecular complexity index is 744. The van der Waals surface area contributed by atoms with E-state index < -0.39 is 0 Å². The summed E-state index contributed by atoms with van der Waals surface area (Å²) in [7, 11) is 0. The van der Waals surface area contributed by atoms with Crippen molar-refractivity contribution >= 4 is 11.1 Å². The molecule has 3 nitrogen and oxygen atoms in total. The molecule has 0 unspecified atom stereocenters. The highest BCUT2D eigenvalue weighted by atomic mass is 16.3. The molecule has 0 N–H and O–H groups in total. The minimum absolute atomic E-state index is 0.499. The summed E-state index contributed by atoms with van der Waals surface area (Å²) in [6, 6.07) is 10.3. The second kappa shape index (κ2) is 5.08. The fraction of sp³-hybridized carbons (Fsp3) is 0.294. The molecule has 0 bridgehead atoms. The Morgan fingerprint density at radius 3 is 2.85 bits per heavy atom. The number of benzene rings is 1. The zero-order valence-corrected chi connectivity index (χ0v) is 12.1. The fourth-order valence-corrected chi connectivity index (χ4v) is 2.27. The van der Waals surface area contributed by atoms with E-state index in [9.17, 15) is 0 Å². The summed E-state index contributed by atoms with van der Waals surface area (Å²) < 4.78 is 7.98. The van der Waals surface area contributed by atoms with Crippen LogP contribution in [-0.4, -0.2) is 4.98 Å². The van der Waals surface area contributed by atoms with Crippen LogP contribution in [0.25, 0.3) is 22.6 Å². The van der Waals surface area contributed by atoms with Crippen LogP contribution in [0.15, 0.2) is 47.1 Å². The number of aromatic nitrogens is 2. The van der Waals surface area contributed by atoms with Gasteiger partial charge in [-0.3, -0.25) is 0 Å². The highest BCUT2D eigenvalue weighted by Gasteiger charge is 2.12. The van der Waals surface area contributed by atoms with E-state index >= 15 is 0 Å². The van der Waals surface area contributed by atoms with Crippen LogP contribution >= 0.6 is 0 Å². The third kappa shape index (κ3) is 2.31. The summed E-state index contributed by atoms with van der Waals surface area (Å²) in [5.74, 6) is 1.18. The SMILES string of the molecule is CC[n+]1cccc(-c2nc3cc(C(C)C)ccc3o2)c1. The molecule has 0 atom stereocenters. The van der Waals surface area contributed by atoms with E-state index in [2.05, 4.69) is 48.7 Å². The van der Waals surface area contributed by atoms with Gasteiger partial charge in [-0.15, -0.1) is 0 Å². The number of oxazole rings is 1. The monoisotopic (exact) mass is 267 g/mol. The molecule has 1 aromatic carbocycles. The Balaban J connectivity index is 2.08. The highest BCUT2D eigenvalue weighted by Crippen LogP contribution is 2.26. The van der Waals surface area contributed by atoms with Gasteiger partial charge >= 0.3 is 0 Å². The van der Waals surface area contributed by atoms with Crippen molar-refractivity contribution in [1.29, 1.82) is 0 Å². The Hall–Kier alpha value is -2.16. The average molecular weight is 267 g/mol. The number of aryl methyl sites for hydroxylation is 1. The molecule has 3 rings (SSSR count). The van der Waals surface area contributed by atoms with Gasteiger partial charge in [-0.05, 0) is 36.6 Å².